The Morgan fingerprint density at radius 3 is 2.72 bits per heavy atom. The molecule has 1 radical (unpaired) electrons. The average Bonchev–Trinajstić information content (AvgIpc) is 2.53. The van der Waals surface area contributed by atoms with Crippen LogP contribution in [-0.4, -0.2) is 35.8 Å². The van der Waals surface area contributed by atoms with Crippen LogP contribution in [0.4, 0.5) is 0 Å². The Morgan fingerprint density at radius 1 is 1.67 bits per heavy atom. The van der Waals surface area contributed by atoms with Crippen molar-refractivity contribution >= 4 is 17.6 Å². The third-order valence-electron chi connectivity index (χ3n) is 3.38. The molecule has 6 heteroatoms. The van der Waals surface area contributed by atoms with Gasteiger partial charge in [0.1, 0.15) is 12.1 Å². The molecule has 0 aromatic heterocycles. The van der Waals surface area contributed by atoms with E-state index in [0.29, 0.717) is 0 Å². The Kier molecular flexibility index (Phi) is 4.45. The molecule has 3 atom stereocenters. The normalized spacial score (nSPS) is 29.1. The minimum Gasteiger partial charge on any atom is -0.369 e. The minimum atomic E-state index is -0.996. The number of Topliss-reactive ketones (excluding diaryl/α,β-unsaturated/α-hetero) is 1. The number of rotatable bonds is 5. The maximum absolute atomic E-state index is 11.7. The van der Waals surface area contributed by atoms with Crippen LogP contribution in [0.2, 0.25) is 0 Å². The zero-order valence-corrected chi connectivity index (χ0v) is 10.9. The summed E-state index contributed by atoms with van der Waals surface area (Å²) in [5.74, 6) is -1.41. The van der Waals surface area contributed by atoms with Gasteiger partial charge in [0.2, 0.25) is 11.8 Å². The summed E-state index contributed by atoms with van der Waals surface area (Å²) in [6.45, 7) is 5.02. The molecule has 1 rings (SSSR count). The molecule has 6 nitrogen and oxygen atoms in total. The van der Waals surface area contributed by atoms with E-state index in [-0.39, 0.29) is 24.9 Å². The van der Waals surface area contributed by atoms with Gasteiger partial charge in [-0.25, -0.2) is 0 Å². The molecule has 1 heterocycles. The van der Waals surface area contributed by atoms with Crippen molar-refractivity contribution in [2.24, 2.45) is 11.7 Å². The number of carbonyl (C=O) groups excluding carboxylic acids is 3. The van der Waals surface area contributed by atoms with Gasteiger partial charge in [-0.1, -0.05) is 6.92 Å². The fourth-order valence-electron chi connectivity index (χ4n) is 1.62. The van der Waals surface area contributed by atoms with Gasteiger partial charge in [0, 0.05) is 5.92 Å². The second-order valence-corrected chi connectivity index (χ2v) is 4.81. The Bertz CT molecular complexity index is 369. The van der Waals surface area contributed by atoms with E-state index in [9.17, 15) is 14.4 Å². The lowest BCUT2D eigenvalue weighted by atomic mass is 9.93. The number of carbonyl (C=O) groups is 3. The molecule has 101 valence electrons. The molecule has 0 aromatic carbocycles. The molecular formula is C12H19N2O4. The van der Waals surface area contributed by atoms with Gasteiger partial charge in [0.05, 0.1) is 12.5 Å². The largest absolute Gasteiger partial charge is 0.369 e. The first-order chi connectivity index (χ1) is 8.27. The minimum absolute atomic E-state index is 0.00956. The number of nitrogens with one attached hydrogen (secondary N) is 1. The summed E-state index contributed by atoms with van der Waals surface area (Å²) < 4.78 is 5.19. The van der Waals surface area contributed by atoms with E-state index in [0.717, 1.165) is 0 Å². The van der Waals surface area contributed by atoms with Crippen molar-refractivity contribution in [2.75, 3.05) is 6.61 Å². The second kappa shape index (κ2) is 5.48. The SMILES string of the molecule is CC(C[CH]C(=O)NC1(C)C(=O)COC1C)C(N)=O. The number of nitrogens with two attached hydrogens (primary N) is 1. The maximum atomic E-state index is 11.7. The summed E-state index contributed by atoms with van der Waals surface area (Å²) in [6.07, 6.45) is 1.22. The molecule has 18 heavy (non-hydrogen) atoms. The third kappa shape index (κ3) is 3.07. The van der Waals surface area contributed by atoms with E-state index >= 15 is 0 Å². The molecule has 0 bridgehead atoms. The van der Waals surface area contributed by atoms with Crippen molar-refractivity contribution in [2.45, 2.75) is 38.8 Å². The van der Waals surface area contributed by atoms with Gasteiger partial charge in [-0.15, -0.1) is 0 Å². The lowest BCUT2D eigenvalue weighted by Gasteiger charge is -2.27. The quantitative estimate of drug-likeness (QED) is 0.696. The van der Waals surface area contributed by atoms with Crippen LogP contribution in [0.3, 0.4) is 0 Å². The molecule has 3 N–H and O–H groups in total. The highest BCUT2D eigenvalue weighted by Gasteiger charge is 2.45. The molecule has 1 fully saturated rings. The van der Waals surface area contributed by atoms with E-state index in [1.807, 2.05) is 0 Å². The lowest BCUT2D eigenvalue weighted by molar-refractivity contribution is -0.128. The molecule has 0 aliphatic carbocycles. The lowest BCUT2D eigenvalue weighted by Crippen LogP contribution is -2.55. The molecule has 3 unspecified atom stereocenters. The number of hydrogen-bond acceptors (Lipinski definition) is 4. The van der Waals surface area contributed by atoms with Crippen LogP contribution in [0.1, 0.15) is 27.2 Å². The van der Waals surface area contributed by atoms with Crippen LogP contribution in [0.5, 0.6) is 0 Å². The van der Waals surface area contributed by atoms with Gasteiger partial charge >= 0.3 is 0 Å². The Morgan fingerprint density at radius 2 is 2.28 bits per heavy atom. The van der Waals surface area contributed by atoms with E-state index in [2.05, 4.69) is 5.32 Å². The fourth-order valence-corrected chi connectivity index (χ4v) is 1.62. The van der Waals surface area contributed by atoms with Crippen molar-refractivity contribution in [1.29, 1.82) is 0 Å². The van der Waals surface area contributed by atoms with Crippen LogP contribution in [0.25, 0.3) is 0 Å². The summed E-state index contributed by atoms with van der Waals surface area (Å²) in [7, 11) is 0. The number of hydrogen-bond donors (Lipinski definition) is 2. The number of ketones is 1. The molecule has 1 aliphatic rings. The van der Waals surface area contributed by atoms with Gasteiger partial charge in [0.15, 0.2) is 5.78 Å². The van der Waals surface area contributed by atoms with Crippen molar-refractivity contribution in [1.82, 2.24) is 5.32 Å². The van der Waals surface area contributed by atoms with Crippen molar-refractivity contribution in [3.05, 3.63) is 6.42 Å². The third-order valence-corrected chi connectivity index (χ3v) is 3.38. The summed E-state index contributed by atoms with van der Waals surface area (Å²) >= 11 is 0. The highest BCUT2D eigenvalue weighted by molar-refractivity contribution is 5.97. The molecule has 0 spiro atoms. The predicted octanol–water partition coefficient (Wildman–Crippen LogP) is -0.435. The molecule has 0 aromatic rings. The van der Waals surface area contributed by atoms with Gasteiger partial charge in [-0.05, 0) is 20.3 Å². The van der Waals surface area contributed by atoms with Crippen molar-refractivity contribution in [3.63, 3.8) is 0 Å². The van der Waals surface area contributed by atoms with Crippen molar-refractivity contribution in [3.8, 4) is 0 Å². The second-order valence-electron chi connectivity index (χ2n) is 4.81. The highest BCUT2D eigenvalue weighted by Crippen LogP contribution is 2.22. The topological polar surface area (TPSA) is 98.5 Å². The zero-order valence-electron chi connectivity index (χ0n) is 10.9. The summed E-state index contributed by atoms with van der Waals surface area (Å²) in [4.78, 5) is 34.2. The molecule has 2 amide bonds. The van der Waals surface area contributed by atoms with Gasteiger partial charge < -0.3 is 15.8 Å². The van der Waals surface area contributed by atoms with Crippen LogP contribution < -0.4 is 11.1 Å². The standard InChI is InChI=1S/C12H19N2O4/c1-7(11(13)17)4-5-10(16)14-12(3)8(2)18-6-9(12)15/h5,7-8H,4,6H2,1-3H3,(H2,13,17)(H,14,16). The molecule has 0 saturated carbocycles. The van der Waals surface area contributed by atoms with E-state index in [1.165, 1.54) is 6.42 Å². The zero-order chi connectivity index (χ0) is 13.9. The number of amides is 2. The first-order valence-electron chi connectivity index (χ1n) is 5.87. The van der Waals surface area contributed by atoms with E-state index in [4.69, 9.17) is 10.5 Å². The summed E-state index contributed by atoms with van der Waals surface area (Å²) in [6, 6.07) is 0. The van der Waals surface area contributed by atoms with Crippen LogP contribution in [0, 0.1) is 12.3 Å². The van der Waals surface area contributed by atoms with Gasteiger partial charge in [-0.2, -0.15) is 0 Å². The number of primary amides is 1. The van der Waals surface area contributed by atoms with E-state index < -0.39 is 23.3 Å². The smallest absolute Gasteiger partial charge is 0.224 e. The van der Waals surface area contributed by atoms with Gasteiger partial charge in [-0.3, -0.25) is 14.4 Å². The molecule has 1 saturated heterocycles. The van der Waals surface area contributed by atoms with Crippen molar-refractivity contribution < 1.29 is 19.1 Å². The first kappa shape index (κ1) is 14.6. The maximum Gasteiger partial charge on any atom is 0.224 e. The fraction of sp³-hybridized carbons (Fsp3) is 0.667. The Labute approximate surface area is 106 Å². The van der Waals surface area contributed by atoms with E-state index in [1.54, 1.807) is 20.8 Å². The van der Waals surface area contributed by atoms with Gasteiger partial charge in [0.25, 0.3) is 0 Å². The molecule has 1 aliphatic heterocycles. The average molecular weight is 255 g/mol. The predicted molar refractivity (Wildman–Crippen MR) is 64.2 cm³/mol. The Balaban J connectivity index is 2.50. The monoisotopic (exact) mass is 255 g/mol. The molecular weight excluding hydrogens is 236 g/mol. The highest BCUT2D eigenvalue weighted by atomic mass is 16.5. The van der Waals surface area contributed by atoms with Crippen LogP contribution in [-0.2, 0) is 19.1 Å². The first-order valence-corrected chi connectivity index (χ1v) is 5.87. The summed E-state index contributed by atoms with van der Waals surface area (Å²) in [5.41, 5.74) is 4.09. The summed E-state index contributed by atoms with van der Waals surface area (Å²) in [5, 5.41) is 2.63. The van der Waals surface area contributed by atoms with Crippen LogP contribution >= 0.6 is 0 Å². The van der Waals surface area contributed by atoms with Crippen LogP contribution in [0.15, 0.2) is 0 Å². The number of ether oxygens (including phenoxy) is 1. The Hall–Kier alpha value is -1.43.